The monoisotopic (exact) mass is 298 g/mol. The summed E-state index contributed by atoms with van der Waals surface area (Å²) in [4.78, 5) is 19.2. The average molecular weight is 299 g/mol. The second-order valence-corrected chi connectivity index (χ2v) is 4.79. The third kappa shape index (κ3) is 3.09. The first-order valence-corrected chi connectivity index (χ1v) is 6.64. The molecule has 0 aliphatic carbocycles. The zero-order valence-electron chi connectivity index (χ0n) is 10.9. The van der Waals surface area contributed by atoms with Crippen LogP contribution in [0.4, 0.5) is 0 Å². The van der Waals surface area contributed by atoms with E-state index in [2.05, 4.69) is 20.5 Å². The van der Waals surface area contributed by atoms with Crippen molar-refractivity contribution in [1.29, 1.82) is 0 Å². The minimum absolute atomic E-state index is 0.329. The van der Waals surface area contributed by atoms with E-state index in [1.807, 2.05) is 24.3 Å². The quantitative estimate of drug-likeness (QED) is 0.576. The van der Waals surface area contributed by atoms with Gasteiger partial charge in [0.05, 0.1) is 17.2 Å². The van der Waals surface area contributed by atoms with Crippen LogP contribution in [0.25, 0.3) is 11.0 Å². The first-order chi connectivity index (χ1) is 10.2. The molecular weight excluding hydrogens is 288 g/mol. The molecule has 0 radical (unpaired) electrons. The summed E-state index contributed by atoms with van der Waals surface area (Å²) < 4.78 is 0. The molecule has 0 saturated carbocycles. The SMILES string of the molecule is O=C(N/N=C\c1nc2ccccc2[nH]1)c1cccc(Cl)c1. The Bertz CT molecular complexity index is 792. The number of H-pyrrole nitrogens is 1. The number of carbonyl (C=O) groups excluding carboxylic acids is 1. The molecule has 0 saturated heterocycles. The summed E-state index contributed by atoms with van der Waals surface area (Å²) in [5, 5.41) is 4.39. The zero-order valence-corrected chi connectivity index (χ0v) is 11.6. The van der Waals surface area contributed by atoms with Crippen LogP contribution in [0.3, 0.4) is 0 Å². The van der Waals surface area contributed by atoms with Crippen molar-refractivity contribution in [3.8, 4) is 0 Å². The third-order valence-electron chi connectivity index (χ3n) is 2.85. The lowest BCUT2D eigenvalue weighted by molar-refractivity contribution is 0.0955. The molecule has 1 heterocycles. The van der Waals surface area contributed by atoms with Gasteiger partial charge in [0.2, 0.25) is 0 Å². The molecule has 2 aromatic carbocycles. The molecule has 2 N–H and O–H groups in total. The number of benzene rings is 2. The number of hydrogen-bond acceptors (Lipinski definition) is 3. The molecule has 0 bridgehead atoms. The predicted molar refractivity (Wildman–Crippen MR) is 82.6 cm³/mol. The van der Waals surface area contributed by atoms with Crippen LogP contribution in [0.2, 0.25) is 5.02 Å². The summed E-state index contributed by atoms with van der Waals surface area (Å²) in [6, 6.07) is 14.3. The number of aromatic amines is 1. The number of halogens is 1. The van der Waals surface area contributed by atoms with Gasteiger partial charge in [0, 0.05) is 10.6 Å². The van der Waals surface area contributed by atoms with Gasteiger partial charge in [-0.15, -0.1) is 0 Å². The highest BCUT2D eigenvalue weighted by Crippen LogP contribution is 2.10. The van der Waals surface area contributed by atoms with E-state index in [9.17, 15) is 4.79 Å². The number of fused-ring (bicyclic) bond motifs is 1. The maximum absolute atomic E-state index is 11.8. The van der Waals surface area contributed by atoms with E-state index in [4.69, 9.17) is 11.6 Å². The highest BCUT2D eigenvalue weighted by atomic mass is 35.5. The van der Waals surface area contributed by atoms with Crippen molar-refractivity contribution in [3.63, 3.8) is 0 Å². The van der Waals surface area contributed by atoms with E-state index in [1.54, 1.807) is 24.3 Å². The number of hydrazone groups is 1. The van der Waals surface area contributed by atoms with Gasteiger partial charge >= 0.3 is 0 Å². The topological polar surface area (TPSA) is 70.1 Å². The van der Waals surface area contributed by atoms with Gasteiger partial charge in [-0.05, 0) is 30.3 Å². The first-order valence-electron chi connectivity index (χ1n) is 6.26. The van der Waals surface area contributed by atoms with E-state index in [0.29, 0.717) is 16.4 Å². The van der Waals surface area contributed by atoms with Gasteiger partial charge in [0.25, 0.3) is 5.91 Å². The Labute approximate surface area is 125 Å². The van der Waals surface area contributed by atoms with Crippen molar-refractivity contribution in [1.82, 2.24) is 15.4 Å². The van der Waals surface area contributed by atoms with Gasteiger partial charge in [-0.25, -0.2) is 10.4 Å². The largest absolute Gasteiger partial charge is 0.337 e. The zero-order chi connectivity index (χ0) is 14.7. The van der Waals surface area contributed by atoms with Crippen molar-refractivity contribution in [2.75, 3.05) is 0 Å². The summed E-state index contributed by atoms with van der Waals surface area (Å²) in [5.74, 6) is 0.243. The summed E-state index contributed by atoms with van der Waals surface area (Å²) >= 11 is 5.83. The number of nitrogens with one attached hydrogen (secondary N) is 2. The molecule has 3 aromatic rings. The lowest BCUT2D eigenvalue weighted by Crippen LogP contribution is -2.17. The molecule has 1 aromatic heterocycles. The highest BCUT2D eigenvalue weighted by molar-refractivity contribution is 6.30. The van der Waals surface area contributed by atoms with Crippen molar-refractivity contribution in [2.45, 2.75) is 0 Å². The number of rotatable bonds is 3. The van der Waals surface area contributed by atoms with Crippen LogP contribution in [0.1, 0.15) is 16.2 Å². The van der Waals surface area contributed by atoms with Crippen molar-refractivity contribution < 1.29 is 4.79 Å². The van der Waals surface area contributed by atoms with Crippen LogP contribution in [0.15, 0.2) is 53.6 Å². The van der Waals surface area contributed by atoms with Crippen molar-refractivity contribution in [3.05, 3.63) is 64.9 Å². The molecule has 5 nitrogen and oxygen atoms in total. The predicted octanol–water partition coefficient (Wildman–Crippen LogP) is 2.98. The number of para-hydroxylation sites is 2. The van der Waals surface area contributed by atoms with Crippen molar-refractivity contribution >= 4 is 34.8 Å². The Morgan fingerprint density at radius 2 is 2.10 bits per heavy atom. The first kappa shape index (κ1) is 13.3. The normalized spacial score (nSPS) is 11.1. The van der Waals surface area contributed by atoms with E-state index < -0.39 is 0 Å². The smallest absolute Gasteiger partial charge is 0.271 e. The molecule has 0 aliphatic rings. The minimum Gasteiger partial charge on any atom is -0.337 e. The van der Waals surface area contributed by atoms with E-state index in [-0.39, 0.29) is 5.91 Å². The average Bonchev–Trinajstić information content (AvgIpc) is 2.89. The van der Waals surface area contributed by atoms with Crippen LogP contribution < -0.4 is 5.43 Å². The van der Waals surface area contributed by atoms with Gasteiger partial charge in [-0.1, -0.05) is 29.8 Å². The Morgan fingerprint density at radius 3 is 2.90 bits per heavy atom. The Morgan fingerprint density at radius 1 is 1.24 bits per heavy atom. The molecule has 0 atom stereocenters. The second-order valence-electron chi connectivity index (χ2n) is 4.35. The molecular formula is C15H11ClN4O. The molecule has 6 heteroatoms. The molecule has 3 rings (SSSR count). The molecule has 1 amide bonds. The van der Waals surface area contributed by atoms with E-state index in [1.165, 1.54) is 6.21 Å². The fraction of sp³-hybridized carbons (Fsp3) is 0. The Kier molecular flexibility index (Phi) is 3.66. The van der Waals surface area contributed by atoms with Crippen LogP contribution in [-0.4, -0.2) is 22.1 Å². The van der Waals surface area contributed by atoms with Gasteiger partial charge < -0.3 is 4.98 Å². The van der Waals surface area contributed by atoms with E-state index in [0.717, 1.165) is 11.0 Å². The van der Waals surface area contributed by atoms with Crippen LogP contribution in [0.5, 0.6) is 0 Å². The number of carbonyl (C=O) groups is 1. The molecule has 104 valence electrons. The number of imidazole rings is 1. The van der Waals surface area contributed by atoms with Gasteiger partial charge in [-0.2, -0.15) is 5.10 Å². The van der Waals surface area contributed by atoms with Gasteiger partial charge in [0.1, 0.15) is 0 Å². The minimum atomic E-state index is -0.329. The van der Waals surface area contributed by atoms with Gasteiger partial charge in [-0.3, -0.25) is 4.79 Å². The molecule has 0 aliphatic heterocycles. The summed E-state index contributed by atoms with van der Waals surface area (Å²) in [5.41, 5.74) is 4.64. The van der Waals surface area contributed by atoms with Crippen LogP contribution in [0, 0.1) is 0 Å². The fourth-order valence-corrected chi connectivity index (χ4v) is 2.07. The lowest BCUT2D eigenvalue weighted by atomic mass is 10.2. The third-order valence-corrected chi connectivity index (χ3v) is 3.08. The number of hydrogen-bond donors (Lipinski definition) is 2. The maximum atomic E-state index is 11.8. The maximum Gasteiger partial charge on any atom is 0.271 e. The molecule has 0 unspecified atom stereocenters. The Hall–Kier alpha value is -2.66. The fourth-order valence-electron chi connectivity index (χ4n) is 1.88. The van der Waals surface area contributed by atoms with E-state index >= 15 is 0 Å². The molecule has 21 heavy (non-hydrogen) atoms. The Balaban J connectivity index is 1.70. The molecule has 0 fully saturated rings. The van der Waals surface area contributed by atoms with Gasteiger partial charge in [0.15, 0.2) is 5.82 Å². The summed E-state index contributed by atoms with van der Waals surface area (Å²) in [7, 11) is 0. The number of aromatic nitrogens is 2. The molecule has 0 spiro atoms. The van der Waals surface area contributed by atoms with Crippen molar-refractivity contribution in [2.24, 2.45) is 5.10 Å². The number of amides is 1. The summed E-state index contributed by atoms with van der Waals surface area (Å²) in [6.07, 6.45) is 1.46. The standard InChI is InChI=1S/C15H11ClN4O/c16-11-5-3-4-10(8-11)15(21)20-17-9-14-18-12-6-1-2-7-13(12)19-14/h1-9H,(H,18,19)(H,20,21)/b17-9-. The highest BCUT2D eigenvalue weighted by Gasteiger charge is 2.04. The van der Waals surface area contributed by atoms with Crippen LogP contribution >= 0.6 is 11.6 Å². The second kappa shape index (κ2) is 5.76. The summed E-state index contributed by atoms with van der Waals surface area (Å²) in [6.45, 7) is 0. The number of nitrogens with zero attached hydrogens (tertiary/aromatic N) is 2. The lowest BCUT2D eigenvalue weighted by Gasteiger charge is -1.99. The van der Waals surface area contributed by atoms with Crippen LogP contribution in [-0.2, 0) is 0 Å².